The first-order valence-corrected chi connectivity index (χ1v) is 9.23. The van der Waals surface area contributed by atoms with Gasteiger partial charge in [0.15, 0.2) is 0 Å². The summed E-state index contributed by atoms with van der Waals surface area (Å²) in [7, 11) is 0. The van der Waals surface area contributed by atoms with E-state index in [0.29, 0.717) is 5.71 Å². The number of carbonyl (C=O) groups is 2. The molecule has 5 heteroatoms. The van der Waals surface area contributed by atoms with E-state index in [-0.39, 0.29) is 12.1 Å². The topological polar surface area (TPSA) is 67.8 Å². The molecule has 1 fully saturated rings. The normalized spacial score (nSPS) is 24.4. The lowest BCUT2D eigenvalue weighted by molar-refractivity contribution is -0.154. The van der Waals surface area contributed by atoms with Crippen LogP contribution in [0.25, 0.3) is 0 Å². The zero-order chi connectivity index (χ0) is 17.8. The average molecular weight is 342 g/mol. The molecule has 2 atom stereocenters. The van der Waals surface area contributed by atoms with Crippen LogP contribution in [-0.4, -0.2) is 23.8 Å². The predicted octanol–water partition coefficient (Wildman–Crippen LogP) is 3.97. The molecule has 3 rings (SSSR count). The molecule has 2 amide bonds. The Morgan fingerprint density at radius 2 is 1.88 bits per heavy atom. The van der Waals surface area contributed by atoms with Gasteiger partial charge in [-0.2, -0.15) is 0 Å². The van der Waals surface area contributed by atoms with Crippen LogP contribution in [-0.2, 0) is 16.0 Å². The molecule has 0 aromatic heterocycles. The van der Waals surface area contributed by atoms with Crippen molar-refractivity contribution in [3.05, 3.63) is 35.4 Å². The van der Waals surface area contributed by atoms with Gasteiger partial charge in [-0.25, -0.2) is 9.79 Å². The minimum atomic E-state index is -0.563. The quantitative estimate of drug-likeness (QED) is 0.842. The average Bonchev–Trinajstić information content (AvgIpc) is 2.62. The van der Waals surface area contributed by atoms with Crippen LogP contribution in [0.1, 0.15) is 63.1 Å². The van der Waals surface area contributed by atoms with Gasteiger partial charge in [0.05, 0.1) is 6.04 Å². The highest BCUT2D eigenvalue weighted by atomic mass is 16.5. The minimum Gasteiger partial charge on any atom is -0.462 e. The number of hydrogen-bond acceptors (Lipinski definition) is 3. The molecular weight excluding hydrogens is 316 g/mol. The fourth-order valence-corrected chi connectivity index (χ4v) is 3.68. The first-order chi connectivity index (χ1) is 12.1. The van der Waals surface area contributed by atoms with Gasteiger partial charge in [-0.05, 0) is 50.2 Å². The van der Waals surface area contributed by atoms with Crippen LogP contribution in [0.3, 0.4) is 0 Å². The summed E-state index contributed by atoms with van der Waals surface area (Å²) in [5.41, 5.74) is 2.65. The monoisotopic (exact) mass is 342 g/mol. The van der Waals surface area contributed by atoms with Crippen molar-refractivity contribution >= 4 is 17.7 Å². The van der Waals surface area contributed by atoms with Crippen molar-refractivity contribution < 1.29 is 14.3 Å². The molecule has 0 radical (unpaired) electrons. The van der Waals surface area contributed by atoms with E-state index >= 15 is 0 Å². The Hall–Kier alpha value is -2.17. The van der Waals surface area contributed by atoms with Gasteiger partial charge >= 0.3 is 12.0 Å². The number of amides is 2. The number of rotatable bonds is 4. The van der Waals surface area contributed by atoms with Crippen LogP contribution in [0.5, 0.6) is 0 Å². The van der Waals surface area contributed by atoms with Crippen molar-refractivity contribution in [1.82, 2.24) is 5.32 Å². The summed E-state index contributed by atoms with van der Waals surface area (Å²) in [6, 6.07) is 7.20. The minimum absolute atomic E-state index is 0.00482. The fourth-order valence-electron chi connectivity index (χ4n) is 3.68. The second kappa shape index (κ2) is 7.81. The molecule has 1 N–H and O–H groups in total. The molecule has 1 aliphatic carbocycles. The van der Waals surface area contributed by atoms with Crippen molar-refractivity contribution in [2.75, 3.05) is 0 Å². The highest BCUT2D eigenvalue weighted by molar-refractivity contribution is 6.08. The molecular formula is C20H26N2O3. The van der Waals surface area contributed by atoms with Gasteiger partial charge in [0.25, 0.3) is 0 Å². The Bertz CT molecular complexity index is 660. The Morgan fingerprint density at radius 1 is 1.20 bits per heavy atom. The van der Waals surface area contributed by atoms with Crippen LogP contribution < -0.4 is 5.32 Å². The summed E-state index contributed by atoms with van der Waals surface area (Å²) in [6.07, 6.45) is 6.22. The SMILES string of the molecule is CCc1ccc(C2NC(=O)N=C(C)C2C(=O)OC2CCCCC2)cc1. The lowest BCUT2D eigenvalue weighted by atomic mass is 9.87. The van der Waals surface area contributed by atoms with Gasteiger partial charge in [0, 0.05) is 5.71 Å². The Balaban J connectivity index is 1.82. The third-order valence-electron chi connectivity index (χ3n) is 5.18. The molecule has 1 aromatic rings. The highest BCUT2D eigenvalue weighted by Crippen LogP contribution is 2.30. The predicted molar refractivity (Wildman–Crippen MR) is 96.7 cm³/mol. The second-order valence-corrected chi connectivity index (χ2v) is 6.95. The fraction of sp³-hybridized carbons (Fsp3) is 0.550. The van der Waals surface area contributed by atoms with Crippen molar-refractivity contribution in [2.24, 2.45) is 10.9 Å². The van der Waals surface area contributed by atoms with Crippen LogP contribution in [0.4, 0.5) is 4.79 Å². The Morgan fingerprint density at radius 3 is 2.52 bits per heavy atom. The molecule has 1 aliphatic heterocycles. The molecule has 134 valence electrons. The van der Waals surface area contributed by atoms with Crippen molar-refractivity contribution in [1.29, 1.82) is 0 Å². The molecule has 2 aliphatic rings. The summed E-state index contributed by atoms with van der Waals surface area (Å²) < 4.78 is 5.76. The molecule has 1 saturated carbocycles. The van der Waals surface area contributed by atoms with E-state index in [0.717, 1.165) is 37.7 Å². The third-order valence-corrected chi connectivity index (χ3v) is 5.18. The number of aliphatic imine (C=N–C) groups is 1. The highest BCUT2D eigenvalue weighted by Gasteiger charge is 2.38. The molecule has 1 heterocycles. The summed E-state index contributed by atoms with van der Waals surface area (Å²) in [6.45, 7) is 3.83. The summed E-state index contributed by atoms with van der Waals surface area (Å²) >= 11 is 0. The standard InChI is InChI=1S/C20H26N2O3/c1-3-14-9-11-15(12-10-14)18-17(13(2)21-20(24)22-18)19(23)25-16-7-5-4-6-8-16/h9-12,16-18H,3-8H2,1-2H3,(H,22,24). The maximum atomic E-state index is 12.8. The van der Waals surface area contributed by atoms with E-state index in [9.17, 15) is 9.59 Å². The smallest absolute Gasteiger partial charge is 0.341 e. The van der Waals surface area contributed by atoms with Gasteiger partial charge in [-0.1, -0.05) is 37.6 Å². The van der Waals surface area contributed by atoms with Crippen LogP contribution >= 0.6 is 0 Å². The van der Waals surface area contributed by atoms with Crippen molar-refractivity contribution in [3.63, 3.8) is 0 Å². The van der Waals surface area contributed by atoms with E-state index in [1.165, 1.54) is 12.0 Å². The van der Waals surface area contributed by atoms with Crippen molar-refractivity contribution in [3.8, 4) is 0 Å². The maximum Gasteiger partial charge on any atom is 0.341 e. The number of urea groups is 1. The van der Waals surface area contributed by atoms with Crippen LogP contribution in [0.15, 0.2) is 29.3 Å². The van der Waals surface area contributed by atoms with Crippen LogP contribution in [0, 0.1) is 5.92 Å². The summed E-state index contributed by atoms with van der Waals surface area (Å²) in [5.74, 6) is -0.843. The first-order valence-electron chi connectivity index (χ1n) is 9.23. The van der Waals surface area contributed by atoms with E-state index in [1.807, 2.05) is 24.3 Å². The molecule has 0 bridgehead atoms. The zero-order valence-electron chi connectivity index (χ0n) is 15.0. The van der Waals surface area contributed by atoms with E-state index in [1.54, 1.807) is 6.92 Å². The van der Waals surface area contributed by atoms with Gasteiger partial charge in [0.1, 0.15) is 12.0 Å². The zero-order valence-corrected chi connectivity index (χ0v) is 15.0. The Kier molecular flexibility index (Phi) is 5.51. The van der Waals surface area contributed by atoms with E-state index < -0.39 is 18.0 Å². The third kappa shape index (κ3) is 4.09. The molecule has 0 spiro atoms. The molecule has 25 heavy (non-hydrogen) atoms. The Labute approximate surface area is 148 Å². The van der Waals surface area contributed by atoms with Gasteiger partial charge in [-0.15, -0.1) is 0 Å². The van der Waals surface area contributed by atoms with Gasteiger partial charge in [-0.3, -0.25) is 4.79 Å². The van der Waals surface area contributed by atoms with Crippen LogP contribution in [0.2, 0.25) is 0 Å². The largest absolute Gasteiger partial charge is 0.462 e. The number of nitrogens with zero attached hydrogens (tertiary/aromatic N) is 1. The number of carbonyl (C=O) groups excluding carboxylic acids is 2. The molecule has 0 saturated heterocycles. The number of aryl methyl sites for hydroxylation is 1. The molecule has 2 unspecified atom stereocenters. The molecule has 1 aromatic carbocycles. The lowest BCUT2D eigenvalue weighted by Gasteiger charge is -2.31. The number of hydrogen-bond donors (Lipinski definition) is 1. The first kappa shape index (κ1) is 17.6. The van der Waals surface area contributed by atoms with Gasteiger partial charge < -0.3 is 10.1 Å². The lowest BCUT2D eigenvalue weighted by Crippen LogP contribution is -2.45. The maximum absolute atomic E-state index is 12.8. The molecule has 5 nitrogen and oxygen atoms in total. The van der Waals surface area contributed by atoms with Crippen molar-refractivity contribution in [2.45, 2.75) is 64.5 Å². The van der Waals surface area contributed by atoms with E-state index in [4.69, 9.17) is 4.74 Å². The number of ether oxygens (including phenoxy) is 1. The summed E-state index contributed by atoms with van der Waals surface area (Å²) in [5, 5.41) is 2.84. The number of esters is 1. The van der Waals surface area contributed by atoms with Gasteiger partial charge in [0.2, 0.25) is 0 Å². The number of nitrogens with one attached hydrogen (secondary N) is 1. The second-order valence-electron chi connectivity index (χ2n) is 6.95. The number of benzene rings is 1. The van der Waals surface area contributed by atoms with E-state index in [2.05, 4.69) is 17.2 Å². The summed E-state index contributed by atoms with van der Waals surface area (Å²) in [4.78, 5) is 28.7.